The van der Waals surface area contributed by atoms with Gasteiger partial charge in [0.05, 0.1) is 12.1 Å². The molecule has 0 radical (unpaired) electrons. The topological polar surface area (TPSA) is 35.5 Å². The van der Waals surface area contributed by atoms with Crippen LogP contribution >= 0.6 is 0 Å². The highest BCUT2D eigenvalue weighted by molar-refractivity contribution is 5.02. The van der Waals surface area contributed by atoms with Crippen molar-refractivity contribution in [1.29, 1.82) is 0 Å². The Balaban J connectivity index is 1.57. The van der Waals surface area contributed by atoms with E-state index in [2.05, 4.69) is 10.2 Å². The lowest BCUT2D eigenvalue weighted by Crippen LogP contribution is -2.55. The quantitative estimate of drug-likeness (QED) is 0.779. The van der Waals surface area contributed by atoms with Crippen LogP contribution in [0.3, 0.4) is 0 Å². The van der Waals surface area contributed by atoms with Crippen molar-refractivity contribution in [3.8, 4) is 0 Å². The Kier molecular flexibility index (Phi) is 3.42. The second-order valence-electron chi connectivity index (χ2n) is 6.37. The van der Waals surface area contributed by atoms with Gasteiger partial charge in [0.25, 0.3) is 0 Å². The third-order valence-corrected chi connectivity index (χ3v) is 4.86. The van der Waals surface area contributed by atoms with Crippen molar-refractivity contribution < 1.29 is 5.11 Å². The third kappa shape index (κ3) is 2.67. The van der Waals surface area contributed by atoms with Crippen LogP contribution in [0.15, 0.2) is 0 Å². The van der Waals surface area contributed by atoms with Gasteiger partial charge in [-0.05, 0) is 32.1 Å². The number of rotatable bonds is 4. The first kappa shape index (κ1) is 11.9. The second-order valence-corrected chi connectivity index (χ2v) is 6.37. The predicted molar refractivity (Wildman–Crippen MR) is 69.0 cm³/mol. The summed E-state index contributed by atoms with van der Waals surface area (Å²) in [5, 5.41) is 13.6. The molecule has 3 aliphatic rings. The lowest BCUT2D eigenvalue weighted by atomic mass is 9.91. The fourth-order valence-corrected chi connectivity index (χ4v) is 3.63. The van der Waals surface area contributed by atoms with Gasteiger partial charge in [-0.3, -0.25) is 4.90 Å². The van der Waals surface area contributed by atoms with Crippen LogP contribution in [0.5, 0.6) is 0 Å². The fraction of sp³-hybridized carbons (Fsp3) is 1.00. The van der Waals surface area contributed by atoms with E-state index in [4.69, 9.17) is 0 Å². The average Bonchev–Trinajstić information content (AvgIpc) is 3.14. The van der Waals surface area contributed by atoms with Crippen LogP contribution in [0.2, 0.25) is 0 Å². The van der Waals surface area contributed by atoms with E-state index in [1.54, 1.807) is 0 Å². The number of nitrogens with zero attached hydrogens (tertiary/aromatic N) is 1. The Bertz CT molecular complexity index is 261. The summed E-state index contributed by atoms with van der Waals surface area (Å²) in [5.74, 6) is 0. The zero-order valence-corrected chi connectivity index (χ0v) is 10.8. The van der Waals surface area contributed by atoms with Crippen LogP contribution in [0.1, 0.15) is 51.4 Å². The summed E-state index contributed by atoms with van der Waals surface area (Å²) < 4.78 is 0. The molecule has 0 spiro atoms. The van der Waals surface area contributed by atoms with Gasteiger partial charge in [-0.1, -0.05) is 19.3 Å². The van der Waals surface area contributed by atoms with Crippen molar-refractivity contribution in [2.45, 2.75) is 69.0 Å². The Labute approximate surface area is 105 Å². The SMILES string of the molecule is OCC1(NC2CCCCC2)CCN(C2CC2)C1. The van der Waals surface area contributed by atoms with E-state index < -0.39 is 0 Å². The van der Waals surface area contributed by atoms with Gasteiger partial charge in [0, 0.05) is 25.2 Å². The molecular formula is C14H26N2O. The molecule has 3 fully saturated rings. The van der Waals surface area contributed by atoms with Gasteiger partial charge in [-0.25, -0.2) is 0 Å². The Morgan fingerprint density at radius 3 is 2.53 bits per heavy atom. The first-order valence-electron chi connectivity index (χ1n) is 7.44. The summed E-state index contributed by atoms with van der Waals surface area (Å²) in [6, 6.07) is 1.51. The maximum absolute atomic E-state index is 9.78. The minimum absolute atomic E-state index is 0.0184. The van der Waals surface area contributed by atoms with Crippen molar-refractivity contribution in [2.24, 2.45) is 0 Å². The molecule has 0 bridgehead atoms. The summed E-state index contributed by atoms with van der Waals surface area (Å²) in [4.78, 5) is 2.59. The van der Waals surface area contributed by atoms with Crippen LogP contribution in [-0.4, -0.2) is 47.3 Å². The molecule has 3 heteroatoms. The molecule has 17 heavy (non-hydrogen) atoms. The minimum atomic E-state index is 0.0184. The van der Waals surface area contributed by atoms with Gasteiger partial charge in [0.2, 0.25) is 0 Å². The molecule has 0 aromatic rings. The predicted octanol–water partition coefficient (Wildman–Crippen LogP) is 1.51. The molecule has 1 heterocycles. The Hall–Kier alpha value is -0.120. The maximum atomic E-state index is 9.78. The second kappa shape index (κ2) is 4.87. The molecule has 98 valence electrons. The molecule has 0 aromatic carbocycles. The third-order valence-electron chi connectivity index (χ3n) is 4.86. The summed E-state index contributed by atoms with van der Waals surface area (Å²) in [6.07, 6.45) is 10.7. The lowest BCUT2D eigenvalue weighted by molar-refractivity contribution is 0.137. The highest BCUT2D eigenvalue weighted by Crippen LogP contribution is 2.34. The molecule has 2 saturated carbocycles. The van der Waals surface area contributed by atoms with E-state index in [0.29, 0.717) is 12.6 Å². The van der Waals surface area contributed by atoms with Crippen LogP contribution in [-0.2, 0) is 0 Å². The average molecular weight is 238 g/mol. The normalized spacial score (nSPS) is 36.5. The number of aliphatic hydroxyl groups is 1. The van der Waals surface area contributed by atoms with E-state index in [0.717, 1.165) is 19.0 Å². The summed E-state index contributed by atoms with van der Waals surface area (Å²) in [6.45, 7) is 2.57. The number of nitrogens with one attached hydrogen (secondary N) is 1. The van der Waals surface area contributed by atoms with Crippen molar-refractivity contribution in [2.75, 3.05) is 19.7 Å². The van der Waals surface area contributed by atoms with E-state index in [1.165, 1.54) is 51.5 Å². The Morgan fingerprint density at radius 2 is 1.88 bits per heavy atom. The van der Waals surface area contributed by atoms with Crippen molar-refractivity contribution in [3.63, 3.8) is 0 Å². The van der Waals surface area contributed by atoms with Crippen molar-refractivity contribution >= 4 is 0 Å². The maximum Gasteiger partial charge on any atom is 0.0626 e. The molecule has 0 aromatic heterocycles. The van der Waals surface area contributed by atoms with Crippen LogP contribution in [0.25, 0.3) is 0 Å². The monoisotopic (exact) mass is 238 g/mol. The lowest BCUT2D eigenvalue weighted by Gasteiger charge is -2.35. The zero-order valence-electron chi connectivity index (χ0n) is 10.8. The summed E-state index contributed by atoms with van der Waals surface area (Å²) >= 11 is 0. The van der Waals surface area contributed by atoms with Crippen molar-refractivity contribution in [3.05, 3.63) is 0 Å². The number of likely N-dealkylation sites (tertiary alicyclic amines) is 1. The molecule has 3 nitrogen and oxygen atoms in total. The molecule has 2 aliphatic carbocycles. The molecule has 2 N–H and O–H groups in total. The first-order chi connectivity index (χ1) is 8.31. The van der Waals surface area contributed by atoms with Gasteiger partial charge >= 0.3 is 0 Å². The summed E-state index contributed by atoms with van der Waals surface area (Å²) in [5.41, 5.74) is 0.0184. The van der Waals surface area contributed by atoms with E-state index in [1.807, 2.05) is 0 Å². The first-order valence-corrected chi connectivity index (χ1v) is 7.44. The molecule has 1 atom stereocenters. The highest BCUT2D eigenvalue weighted by Gasteiger charge is 2.43. The molecule has 0 amide bonds. The largest absolute Gasteiger partial charge is 0.394 e. The zero-order chi connectivity index (χ0) is 11.7. The summed E-state index contributed by atoms with van der Waals surface area (Å²) in [7, 11) is 0. The molecule has 3 rings (SSSR count). The molecule has 1 unspecified atom stereocenters. The smallest absolute Gasteiger partial charge is 0.0626 e. The van der Waals surface area contributed by atoms with Gasteiger partial charge in [0.1, 0.15) is 0 Å². The van der Waals surface area contributed by atoms with Gasteiger partial charge in [-0.15, -0.1) is 0 Å². The van der Waals surface area contributed by atoms with Crippen LogP contribution in [0, 0.1) is 0 Å². The minimum Gasteiger partial charge on any atom is -0.394 e. The molecular weight excluding hydrogens is 212 g/mol. The number of hydrogen-bond acceptors (Lipinski definition) is 3. The van der Waals surface area contributed by atoms with E-state index >= 15 is 0 Å². The van der Waals surface area contributed by atoms with Gasteiger partial charge in [0.15, 0.2) is 0 Å². The molecule has 1 saturated heterocycles. The number of hydrogen-bond donors (Lipinski definition) is 2. The van der Waals surface area contributed by atoms with Crippen LogP contribution < -0.4 is 5.32 Å². The van der Waals surface area contributed by atoms with E-state index in [-0.39, 0.29) is 5.54 Å². The van der Waals surface area contributed by atoms with Crippen molar-refractivity contribution in [1.82, 2.24) is 10.2 Å². The molecule has 1 aliphatic heterocycles. The van der Waals surface area contributed by atoms with Crippen LogP contribution in [0.4, 0.5) is 0 Å². The fourth-order valence-electron chi connectivity index (χ4n) is 3.63. The van der Waals surface area contributed by atoms with E-state index in [9.17, 15) is 5.11 Å². The number of aliphatic hydroxyl groups excluding tert-OH is 1. The highest BCUT2D eigenvalue weighted by atomic mass is 16.3. The standard InChI is InChI=1S/C14H26N2O/c17-11-14(15-12-4-2-1-3-5-12)8-9-16(10-14)13-6-7-13/h12-13,15,17H,1-11H2. The van der Waals surface area contributed by atoms with Gasteiger partial charge in [-0.2, -0.15) is 0 Å². The Morgan fingerprint density at radius 1 is 1.12 bits per heavy atom. The van der Waals surface area contributed by atoms with Gasteiger partial charge < -0.3 is 10.4 Å².